The molecule has 4 nitrogen and oxygen atoms in total. The van der Waals surface area contributed by atoms with E-state index >= 15 is 0 Å². The van der Waals surface area contributed by atoms with Gasteiger partial charge >= 0.3 is 6.36 Å². The predicted octanol–water partition coefficient (Wildman–Crippen LogP) is 8.23. The van der Waals surface area contributed by atoms with Crippen molar-refractivity contribution >= 4 is 33.8 Å². The van der Waals surface area contributed by atoms with E-state index in [1.165, 1.54) is 45.9 Å². The first-order valence-electron chi connectivity index (χ1n) is 12.8. The Morgan fingerprint density at radius 2 is 1.41 bits per heavy atom. The quantitative estimate of drug-likeness (QED) is 0.191. The van der Waals surface area contributed by atoms with E-state index < -0.39 is 6.36 Å². The van der Waals surface area contributed by atoms with Crippen LogP contribution in [0.5, 0.6) is 5.75 Å². The molecule has 5 aromatic rings. The number of fused-ring (bicyclic) bond motifs is 3. The molecule has 0 aliphatic carbocycles. The molecule has 2 atom stereocenters. The van der Waals surface area contributed by atoms with Crippen LogP contribution < -0.4 is 4.74 Å². The van der Waals surface area contributed by atoms with Gasteiger partial charge in [-0.05, 0) is 60.3 Å². The van der Waals surface area contributed by atoms with Crippen molar-refractivity contribution in [2.45, 2.75) is 36.3 Å². The zero-order valence-corrected chi connectivity index (χ0v) is 21.9. The molecule has 0 spiro atoms. The Morgan fingerprint density at radius 3 is 2.05 bits per heavy atom. The van der Waals surface area contributed by atoms with E-state index in [1.807, 2.05) is 18.2 Å². The lowest BCUT2D eigenvalue weighted by atomic mass is 10.0. The van der Waals surface area contributed by atoms with E-state index in [2.05, 4.69) is 74.3 Å². The molecule has 0 N–H and O–H groups in total. The van der Waals surface area contributed by atoms with E-state index in [1.54, 1.807) is 12.1 Å². The Morgan fingerprint density at radius 1 is 0.795 bits per heavy atom. The minimum atomic E-state index is -4.71. The van der Waals surface area contributed by atoms with Gasteiger partial charge in [-0.25, -0.2) is 4.31 Å². The monoisotopic (exact) mass is 548 g/mol. The van der Waals surface area contributed by atoms with Gasteiger partial charge in [-0.2, -0.15) is 0 Å². The van der Waals surface area contributed by atoms with E-state index in [0.717, 1.165) is 16.9 Å². The Bertz CT molecular complexity index is 1500. The van der Waals surface area contributed by atoms with Crippen LogP contribution in [0, 0.1) is 0 Å². The highest BCUT2D eigenvalue weighted by atomic mass is 32.2. The van der Waals surface area contributed by atoms with Crippen molar-refractivity contribution in [3.63, 3.8) is 0 Å². The molecule has 1 saturated heterocycles. The molecule has 1 aliphatic rings. The molecule has 0 amide bonds. The number of hydrogen-bond donors (Lipinski definition) is 0. The summed E-state index contributed by atoms with van der Waals surface area (Å²) in [6, 6.07) is 33.4. The normalized spacial score (nSPS) is 18.2. The van der Waals surface area contributed by atoms with Crippen LogP contribution in [-0.2, 0) is 11.3 Å². The molecule has 2 heterocycles. The summed E-state index contributed by atoms with van der Waals surface area (Å²) in [4.78, 5) is 0.833. The van der Waals surface area contributed by atoms with Gasteiger partial charge in [-0.1, -0.05) is 66.7 Å². The third-order valence-electron chi connectivity index (χ3n) is 7.02. The lowest BCUT2D eigenvalue weighted by molar-refractivity contribution is -0.274. The molecule has 4 aromatic carbocycles. The fourth-order valence-corrected chi connectivity index (χ4v) is 6.39. The summed E-state index contributed by atoms with van der Waals surface area (Å²) >= 11 is 1.53. The van der Waals surface area contributed by atoms with Gasteiger partial charge in [0, 0.05) is 39.3 Å². The molecule has 0 saturated carbocycles. The van der Waals surface area contributed by atoms with Crippen molar-refractivity contribution in [1.82, 2.24) is 8.87 Å². The van der Waals surface area contributed by atoms with Crippen molar-refractivity contribution in [3.8, 4) is 5.75 Å². The van der Waals surface area contributed by atoms with E-state index in [9.17, 15) is 13.2 Å². The fraction of sp³-hybridized carbons (Fsp3) is 0.226. The average molecular weight is 549 g/mol. The topological polar surface area (TPSA) is 26.6 Å². The maximum absolute atomic E-state index is 12.6. The number of benzene rings is 4. The minimum absolute atomic E-state index is 0.0833. The van der Waals surface area contributed by atoms with Gasteiger partial charge in [0.15, 0.2) is 0 Å². The summed E-state index contributed by atoms with van der Waals surface area (Å²) in [5.74, 6) is -0.228. The Hall–Kier alpha value is -3.46. The van der Waals surface area contributed by atoms with Crippen LogP contribution in [0.1, 0.15) is 18.0 Å². The minimum Gasteiger partial charge on any atom is -0.406 e. The molecule has 0 bridgehead atoms. The summed E-state index contributed by atoms with van der Waals surface area (Å²) < 4.78 is 52.9. The van der Waals surface area contributed by atoms with E-state index in [4.69, 9.17) is 4.74 Å². The highest BCUT2D eigenvalue weighted by molar-refractivity contribution is 7.97. The number of halogens is 3. The number of nitrogens with zero attached hydrogens (tertiary/aromatic N) is 2. The van der Waals surface area contributed by atoms with Crippen molar-refractivity contribution in [3.05, 3.63) is 109 Å². The summed E-state index contributed by atoms with van der Waals surface area (Å²) in [6.45, 7) is 1.86. The van der Waals surface area contributed by atoms with Crippen LogP contribution in [-0.4, -0.2) is 34.5 Å². The Labute approximate surface area is 229 Å². The third kappa shape index (κ3) is 5.78. The largest absolute Gasteiger partial charge is 0.573 e. The fourth-order valence-electron chi connectivity index (χ4n) is 5.35. The summed E-state index contributed by atoms with van der Waals surface area (Å²) in [7, 11) is 0. The van der Waals surface area contributed by atoms with Gasteiger partial charge < -0.3 is 14.0 Å². The summed E-state index contributed by atoms with van der Waals surface area (Å²) in [6.07, 6.45) is -3.84. The molecule has 1 aliphatic heterocycles. The second kappa shape index (κ2) is 11.0. The number of alkyl halides is 3. The highest BCUT2D eigenvalue weighted by Crippen LogP contribution is 2.38. The maximum Gasteiger partial charge on any atom is 0.573 e. The van der Waals surface area contributed by atoms with Gasteiger partial charge in [0.05, 0.1) is 19.3 Å². The predicted molar refractivity (Wildman–Crippen MR) is 149 cm³/mol. The molecule has 200 valence electrons. The summed E-state index contributed by atoms with van der Waals surface area (Å²) in [5.41, 5.74) is 3.53. The SMILES string of the molecule is FC(F)(F)Oc1ccc(SN(Cc2ccccc2)[C@H]2COC[C@@H](n3c4ccccc4c4ccccc43)C2)cc1. The first-order valence-corrected chi connectivity index (χ1v) is 13.6. The van der Waals surface area contributed by atoms with Crippen LogP contribution in [0.4, 0.5) is 13.2 Å². The van der Waals surface area contributed by atoms with E-state index in [-0.39, 0.29) is 17.8 Å². The molecule has 8 heteroatoms. The maximum atomic E-state index is 12.6. The molecule has 39 heavy (non-hydrogen) atoms. The second-order valence-electron chi connectivity index (χ2n) is 9.66. The molecule has 6 rings (SSSR count). The standard InChI is InChI=1S/C31H27F3N2O2S/c32-31(33,34)38-25-14-16-26(17-15-25)39-35(19-22-8-2-1-3-9-22)23-18-24(21-37-20-23)36-29-12-6-4-10-27(29)28-11-5-7-13-30(28)36/h1-17,23-24H,18-21H2/t23-,24+/m1/s1. The van der Waals surface area contributed by atoms with Crippen LogP contribution in [0.25, 0.3) is 21.8 Å². The van der Waals surface area contributed by atoms with Crippen molar-refractivity contribution in [1.29, 1.82) is 0 Å². The average Bonchev–Trinajstić information content (AvgIpc) is 3.28. The van der Waals surface area contributed by atoms with Crippen LogP contribution in [0.2, 0.25) is 0 Å². The second-order valence-corrected chi connectivity index (χ2v) is 10.8. The Balaban J connectivity index is 1.29. The lowest BCUT2D eigenvalue weighted by Gasteiger charge is -2.37. The Kier molecular flexibility index (Phi) is 7.25. The van der Waals surface area contributed by atoms with Gasteiger partial charge in [0.1, 0.15) is 5.75 Å². The smallest absolute Gasteiger partial charge is 0.406 e. The molecular weight excluding hydrogens is 521 g/mol. The number of ether oxygens (including phenoxy) is 2. The number of aromatic nitrogens is 1. The van der Waals surface area contributed by atoms with Crippen molar-refractivity contribution in [2.24, 2.45) is 0 Å². The van der Waals surface area contributed by atoms with Gasteiger partial charge in [-0.15, -0.1) is 13.2 Å². The van der Waals surface area contributed by atoms with E-state index in [0.29, 0.717) is 19.8 Å². The van der Waals surface area contributed by atoms with Gasteiger partial charge in [0.25, 0.3) is 0 Å². The van der Waals surface area contributed by atoms with Crippen LogP contribution >= 0.6 is 11.9 Å². The molecule has 1 aromatic heterocycles. The zero-order valence-electron chi connectivity index (χ0n) is 21.1. The van der Waals surface area contributed by atoms with Crippen molar-refractivity contribution in [2.75, 3.05) is 13.2 Å². The lowest BCUT2D eigenvalue weighted by Crippen LogP contribution is -2.40. The number of hydrogen-bond acceptors (Lipinski definition) is 4. The number of para-hydroxylation sites is 2. The van der Waals surface area contributed by atoms with Gasteiger partial charge in [-0.3, -0.25) is 0 Å². The highest BCUT2D eigenvalue weighted by Gasteiger charge is 2.32. The first-order chi connectivity index (χ1) is 18.9. The van der Waals surface area contributed by atoms with Crippen LogP contribution in [0.3, 0.4) is 0 Å². The molecule has 0 unspecified atom stereocenters. The third-order valence-corrected chi connectivity index (χ3v) is 8.16. The van der Waals surface area contributed by atoms with Crippen LogP contribution in [0.15, 0.2) is 108 Å². The van der Waals surface area contributed by atoms with Crippen molar-refractivity contribution < 1.29 is 22.6 Å². The molecular formula is C31H27F3N2O2S. The first kappa shape index (κ1) is 25.8. The molecule has 1 fully saturated rings. The summed E-state index contributed by atoms with van der Waals surface area (Å²) in [5, 5.41) is 2.46. The number of rotatable bonds is 7. The van der Waals surface area contributed by atoms with Gasteiger partial charge in [0.2, 0.25) is 0 Å². The zero-order chi connectivity index (χ0) is 26.8. The molecule has 0 radical (unpaired) electrons.